The van der Waals surface area contributed by atoms with Crippen molar-refractivity contribution in [2.45, 2.75) is 5.75 Å². The Morgan fingerprint density at radius 3 is 2.92 bits per heavy atom. The lowest BCUT2D eigenvalue weighted by Gasteiger charge is -2.18. The second-order valence-electron chi connectivity index (χ2n) is 5.33. The van der Waals surface area contributed by atoms with Crippen LogP contribution in [0.15, 0.2) is 30.3 Å². The van der Waals surface area contributed by atoms with E-state index in [4.69, 9.17) is 21.1 Å². The molecule has 136 valence electrons. The maximum Gasteiger partial charge on any atom is 0.316 e. The van der Waals surface area contributed by atoms with Crippen molar-refractivity contribution in [3.63, 3.8) is 0 Å². The van der Waals surface area contributed by atoms with Crippen LogP contribution in [0.1, 0.15) is 15.2 Å². The molecule has 6 nitrogen and oxygen atoms in total. The van der Waals surface area contributed by atoms with Crippen molar-refractivity contribution in [1.82, 2.24) is 0 Å². The quantitative estimate of drug-likeness (QED) is 0.555. The molecule has 0 saturated heterocycles. The summed E-state index contributed by atoms with van der Waals surface area (Å²) in [5.74, 6) is 0.222. The Morgan fingerprint density at radius 2 is 2.15 bits per heavy atom. The maximum absolute atomic E-state index is 12.2. The largest absolute Gasteiger partial charge is 0.482 e. The number of anilines is 1. The van der Waals surface area contributed by atoms with Crippen molar-refractivity contribution in [3.05, 3.63) is 45.1 Å². The summed E-state index contributed by atoms with van der Waals surface area (Å²) in [6.45, 7) is -0.398. The lowest BCUT2D eigenvalue weighted by molar-refractivity contribution is -0.139. The van der Waals surface area contributed by atoms with Crippen LogP contribution in [0, 0.1) is 0 Å². The molecule has 0 saturated carbocycles. The van der Waals surface area contributed by atoms with Crippen molar-refractivity contribution in [1.29, 1.82) is 0 Å². The third kappa shape index (κ3) is 5.00. The van der Waals surface area contributed by atoms with Gasteiger partial charge in [0.25, 0.3) is 5.91 Å². The summed E-state index contributed by atoms with van der Waals surface area (Å²) in [4.78, 5) is 36.3. The van der Waals surface area contributed by atoms with Gasteiger partial charge in [0.2, 0.25) is 0 Å². The van der Waals surface area contributed by atoms with E-state index < -0.39 is 5.97 Å². The highest BCUT2D eigenvalue weighted by Gasteiger charge is 2.18. The number of esters is 1. The minimum atomic E-state index is -0.458. The predicted molar refractivity (Wildman–Crippen MR) is 101 cm³/mol. The van der Waals surface area contributed by atoms with Crippen LogP contribution < -0.4 is 10.1 Å². The van der Waals surface area contributed by atoms with Crippen molar-refractivity contribution in [3.8, 4) is 5.75 Å². The number of benzene rings is 1. The third-order valence-corrected chi connectivity index (χ3v) is 5.76. The van der Waals surface area contributed by atoms with E-state index in [1.54, 1.807) is 12.1 Å². The average Bonchev–Trinajstić information content (AvgIpc) is 3.04. The van der Waals surface area contributed by atoms with Gasteiger partial charge in [0.1, 0.15) is 5.75 Å². The molecule has 3 rings (SSSR count). The summed E-state index contributed by atoms with van der Waals surface area (Å²) in [7, 11) is 0. The number of hydrogen-bond acceptors (Lipinski definition) is 7. The number of carbonyl (C=O) groups is 3. The number of hydrogen-bond donors (Lipinski definition) is 1. The van der Waals surface area contributed by atoms with E-state index in [0.717, 1.165) is 4.88 Å². The zero-order valence-corrected chi connectivity index (χ0v) is 15.8. The second kappa shape index (κ2) is 8.57. The normalized spacial score (nSPS) is 12.7. The molecule has 26 heavy (non-hydrogen) atoms. The van der Waals surface area contributed by atoms with Crippen LogP contribution in [-0.4, -0.2) is 36.6 Å². The molecular weight excluding hydrogens is 398 g/mol. The van der Waals surface area contributed by atoms with Crippen molar-refractivity contribution >= 4 is 58.0 Å². The summed E-state index contributed by atoms with van der Waals surface area (Å²) in [5, 5.41) is 2.63. The Labute approximate surface area is 162 Å². The lowest BCUT2D eigenvalue weighted by Crippen LogP contribution is -2.25. The predicted octanol–water partition coefficient (Wildman–Crippen LogP) is 3.39. The van der Waals surface area contributed by atoms with Crippen LogP contribution >= 0.6 is 34.7 Å². The van der Waals surface area contributed by atoms with Gasteiger partial charge in [0, 0.05) is 16.2 Å². The van der Waals surface area contributed by atoms with Crippen molar-refractivity contribution in [2.24, 2.45) is 0 Å². The number of fused-ring (bicyclic) bond motifs is 1. The Hall–Kier alpha value is -2.03. The van der Waals surface area contributed by atoms with Gasteiger partial charge in [0.05, 0.1) is 15.8 Å². The van der Waals surface area contributed by atoms with Gasteiger partial charge in [-0.1, -0.05) is 11.6 Å². The molecular formula is C17H14ClNO5S2. The smallest absolute Gasteiger partial charge is 0.316 e. The van der Waals surface area contributed by atoms with Crippen molar-refractivity contribution in [2.75, 3.05) is 24.3 Å². The Kier molecular flexibility index (Phi) is 6.18. The molecule has 0 fully saturated rings. The van der Waals surface area contributed by atoms with Gasteiger partial charge in [-0.05, 0) is 30.3 Å². The number of amides is 1. The Bertz CT molecular complexity index is 851. The molecule has 2 aromatic rings. The number of Topliss-reactive ketones (excluding diaryl/α,β-unsaturated/α-hetero) is 1. The molecule has 1 aliphatic rings. The summed E-state index contributed by atoms with van der Waals surface area (Å²) >= 11 is 8.71. The highest BCUT2D eigenvalue weighted by Crippen LogP contribution is 2.28. The van der Waals surface area contributed by atoms with E-state index in [1.165, 1.54) is 29.2 Å². The van der Waals surface area contributed by atoms with Crippen LogP contribution in [0.25, 0.3) is 0 Å². The fourth-order valence-corrected chi connectivity index (χ4v) is 4.21. The van der Waals surface area contributed by atoms with Gasteiger partial charge in [-0.15, -0.1) is 23.1 Å². The molecule has 1 aliphatic heterocycles. The maximum atomic E-state index is 12.2. The summed E-state index contributed by atoms with van der Waals surface area (Å²) in [6, 6.07) is 8.41. The Balaban J connectivity index is 1.45. The van der Waals surface area contributed by atoms with Crippen LogP contribution in [-0.2, 0) is 20.1 Å². The van der Waals surface area contributed by atoms with Gasteiger partial charge in [0.15, 0.2) is 19.0 Å². The standard InChI is InChI=1S/C17H14ClNO5S2/c18-15-4-2-11(26-15)8-25-9-17(22)24-6-13(20)10-1-3-14-12(5-10)19-16(21)7-23-14/h1-5H,6-9H2,(H,19,21). The Morgan fingerprint density at radius 1 is 1.31 bits per heavy atom. The van der Waals surface area contributed by atoms with Gasteiger partial charge >= 0.3 is 5.97 Å². The molecule has 0 atom stereocenters. The number of ketones is 1. The first kappa shape index (κ1) is 18.8. The molecule has 9 heteroatoms. The minimum absolute atomic E-state index is 0.0484. The van der Waals surface area contributed by atoms with E-state index in [0.29, 0.717) is 27.1 Å². The van der Waals surface area contributed by atoms with Crippen LogP contribution in [0.3, 0.4) is 0 Å². The fourth-order valence-electron chi connectivity index (χ4n) is 2.19. The number of nitrogens with one attached hydrogen (secondary N) is 1. The van der Waals surface area contributed by atoms with Crippen LogP contribution in [0.5, 0.6) is 5.75 Å². The van der Waals surface area contributed by atoms with Gasteiger partial charge in [-0.25, -0.2) is 0 Å². The number of halogens is 1. The van der Waals surface area contributed by atoms with Gasteiger partial charge < -0.3 is 14.8 Å². The molecule has 0 spiro atoms. The number of rotatable bonds is 7. The molecule has 1 N–H and O–H groups in total. The molecule has 1 aromatic heterocycles. The molecule has 0 aliphatic carbocycles. The number of thiophene rings is 1. The SMILES string of the molecule is O=C1COc2ccc(C(=O)COC(=O)CSCc3ccc(Cl)s3)cc2N1. The first-order chi connectivity index (χ1) is 12.5. The summed E-state index contributed by atoms with van der Waals surface area (Å²) in [5.41, 5.74) is 0.770. The van der Waals surface area contributed by atoms with Crippen LogP contribution in [0.4, 0.5) is 5.69 Å². The monoisotopic (exact) mass is 411 g/mol. The van der Waals surface area contributed by atoms with Crippen molar-refractivity contribution < 1.29 is 23.9 Å². The fraction of sp³-hybridized carbons (Fsp3) is 0.235. The third-order valence-electron chi connectivity index (χ3n) is 3.39. The first-order valence-electron chi connectivity index (χ1n) is 7.59. The second-order valence-corrected chi connectivity index (χ2v) is 8.12. The van der Waals surface area contributed by atoms with E-state index in [9.17, 15) is 14.4 Å². The van der Waals surface area contributed by atoms with E-state index in [1.807, 2.05) is 12.1 Å². The van der Waals surface area contributed by atoms with Gasteiger partial charge in [-0.3, -0.25) is 14.4 Å². The average molecular weight is 412 g/mol. The molecule has 0 bridgehead atoms. The van der Waals surface area contributed by atoms with Crippen LogP contribution in [0.2, 0.25) is 4.34 Å². The number of ether oxygens (including phenoxy) is 2. The first-order valence-corrected chi connectivity index (χ1v) is 9.93. The van der Waals surface area contributed by atoms with Gasteiger partial charge in [-0.2, -0.15) is 0 Å². The molecule has 0 unspecified atom stereocenters. The minimum Gasteiger partial charge on any atom is -0.482 e. The van der Waals surface area contributed by atoms with E-state index in [2.05, 4.69) is 5.32 Å². The molecule has 1 amide bonds. The molecule has 2 heterocycles. The van der Waals surface area contributed by atoms with E-state index in [-0.39, 0.29) is 30.7 Å². The van der Waals surface area contributed by atoms with E-state index >= 15 is 0 Å². The zero-order valence-electron chi connectivity index (χ0n) is 13.5. The molecule has 0 radical (unpaired) electrons. The lowest BCUT2D eigenvalue weighted by atomic mass is 10.1. The highest BCUT2D eigenvalue weighted by molar-refractivity contribution is 7.99. The topological polar surface area (TPSA) is 81.7 Å². The summed E-state index contributed by atoms with van der Waals surface area (Å²) < 4.78 is 11.0. The highest BCUT2D eigenvalue weighted by atomic mass is 35.5. The number of carbonyl (C=O) groups excluding carboxylic acids is 3. The molecule has 1 aromatic carbocycles. The summed E-state index contributed by atoms with van der Waals surface area (Å²) in [6.07, 6.45) is 0. The zero-order chi connectivity index (χ0) is 18.5. The number of thioether (sulfide) groups is 1.